The molecule has 3 rings (SSSR count). The standard InChI is InChI=1S/C14H12N2O2S/c17-14(18)6-10-1-2-13-11(5-10)7-12(19-13)8-16-4-3-15-9-16/h2-7,9H,1,8H2,(H,17,18). The Balaban J connectivity index is 1.94. The number of thiophene rings is 1. The molecule has 5 heteroatoms. The molecule has 0 atom stereocenters. The van der Waals surface area contributed by atoms with Crippen molar-refractivity contribution in [3.8, 4) is 0 Å². The van der Waals surface area contributed by atoms with Crippen molar-refractivity contribution in [2.75, 3.05) is 0 Å². The van der Waals surface area contributed by atoms with Crippen molar-refractivity contribution >= 4 is 29.5 Å². The van der Waals surface area contributed by atoms with E-state index < -0.39 is 5.97 Å². The molecule has 0 amide bonds. The van der Waals surface area contributed by atoms with E-state index in [1.54, 1.807) is 23.9 Å². The second kappa shape index (κ2) is 4.85. The number of hydrogen-bond donors (Lipinski definition) is 1. The summed E-state index contributed by atoms with van der Waals surface area (Å²) in [5, 5.41) is 9.88. The highest BCUT2D eigenvalue weighted by Gasteiger charge is 2.05. The van der Waals surface area contributed by atoms with Crippen LogP contribution in [0.5, 0.6) is 0 Å². The van der Waals surface area contributed by atoms with Gasteiger partial charge in [-0.1, -0.05) is 6.08 Å². The molecular formula is C14H12N2O2S. The Morgan fingerprint density at radius 1 is 1.58 bits per heavy atom. The number of imidazole rings is 1. The molecule has 0 aromatic carbocycles. The molecule has 4 nitrogen and oxygen atoms in total. The van der Waals surface area contributed by atoms with Gasteiger partial charge in [0.1, 0.15) is 0 Å². The molecule has 0 saturated carbocycles. The minimum atomic E-state index is -0.892. The van der Waals surface area contributed by atoms with Crippen LogP contribution in [-0.2, 0) is 11.3 Å². The predicted molar refractivity (Wildman–Crippen MR) is 74.2 cm³/mol. The molecule has 0 saturated heterocycles. The average molecular weight is 272 g/mol. The van der Waals surface area contributed by atoms with Gasteiger partial charge in [-0.3, -0.25) is 0 Å². The van der Waals surface area contributed by atoms with Crippen LogP contribution in [0.1, 0.15) is 11.3 Å². The summed E-state index contributed by atoms with van der Waals surface area (Å²) in [6.07, 6.45) is 11.5. The van der Waals surface area contributed by atoms with E-state index in [9.17, 15) is 4.79 Å². The van der Waals surface area contributed by atoms with Gasteiger partial charge in [0.15, 0.2) is 0 Å². The molecule has 0 spiro atoms. The quantitative estimate of drug-likeness (QED) is 0.847. The number of carboxylic acid groups (broad SMARTS) is 1. The highest BCUT2D eigenvalue weighted by atomic mass is 32.1. The van der Waals surface area contributed by atoms with Crippen molar-refractivity contribution in [2.45, 2.75) is 13.0 Å². The Labute approximate surface area is 113 Å². The minimum absolute atomic E-state index is 0.685. The molecule has 19 heavy (non-hydrogen) atoms. The topological polar surface area (TPSA) is 55.1 Å². The summed E-state index contributed by atoms with van der Waals surface area (Å²) in [6, 6.07) is 2.12. The summed E-state index contributed by atoms with van der Waals surface area (Å²) in [5.74, 6) is -0.892. The summed E-state index contributed by atoms with van der Waals surface area (Å²) in [5.41, 5.74) is 0.840. The highest BCUT2D eigenvalue weighted by Crippen LogP contribution is 2.10. The number of hydrogen-bond acceptors (Lipinski definition) is 3. The molecule has 2 aromatic rings. The van der Waals surface area contributed by atoms with Gasteiger partial charge in [0.25, 0.3) is 0 Å². The summed E-state index contributed by atoms with van der Waals surface area (Å²) in [7, 11) is 0. The number of carbonyl (C=O) groups is 1. The number of aliphatic carboxylic acids is 1. The van der Waals surface area contributed by atoms with Gasteiger partial charge < -0.3 is 9.67 Å². The zero-order valence-corrected chi connectivity index (χ0v) is 10.9. The SMILES string of the molecule is O=C(O)C=C1C=c2cc(Cn3ccnc3)sc2=CC1. The first-order valence-corrected chi connectivity index (χ1v) is 6.72. The zero-order chi connectivity index (χ0) is 13.2. The maximum atomic E-state index is 10.7. The number of fused-ring (bicyclic) bond motifs is 1. The van der Waals surface area contributed by atoms with E-state index >= 15 is 0 Å². The van der Waals surface area contributed by atoms with Crippen molar-refractivity contribution in [3.63, 3.8) is 0 Å². The molecule has 1 N–H and O–H groups in total. The van der Waals surface area contributed by atoms with Gasteiger partial charge in [-0.15, -0.1) is 11.3 Å². The Bertz CT molecular complexity index is 754. The third-order valence-electron chi connectivity index (χ3n) is 2.91. The lowest BCUT2D eigenvalue weighted by Crippen LogP contribution is -2.20. The van der Waals surface area contributed by atoms with Crippen LogP contribution in [-0.4, -0.2) is 20.6 Å². The fraction of sp³-hybridized carbons (Fsp3) is 0.143. The number of carboxylic acids is 1. The van der Waals surface area contributed by atoms with Crippen molar-refractivity contribution < 1.29 is 9.90 Å². The largest absolute Gasteiger partial charge is 0.478 e. The monoisotopic (exact) mass is 272 g/mol. The number of aromatic nitrogens is 2. The van der Waals surface area contributed by atoms with Crippen molar-refractivity contribution in [1.29, 1.82) is 0 Å². The molecule has 1 aliphatic carbocycles. The van der Waals surface area contributed by atoms with E-state index in [1.165, 1.54) is 15.5 Å². The first kappa shape index (κ1) is 11.9. The Morgan fingerprint density at radius 3 is 3.21 bits per heavy atom. The smallest absolute Gasteiger partial charge is 0.328 e. The van der Waals surface area contributed by atoms with Crippen LogP contribution in [0.25, 0.3) is 12.2 Å². The van der Waals surface area contributed by atoms with Gasteiger partial charge in [0.05, 0.1) is 12.9 Å². The number of rotatable bonds is 3. The fourth-order valence-corrected chi connectivity index (χ4v) is 3.20. The van der Waals surface area contributed by atoms with E-state index in [1.807, 2.05) is 16.8 Å². The molecule has 96 valence electrons. The zero-order valence-electron chi connectivity index (χ0n) is 10.1. The highest BCUT2D eigenvalue weighted by molar-refractivity contribution is 7.09. The summed E-state index contributed by atoms with van der Waals surface area (Å²) in [6.45, 7) is 0.803. The van der Waals surface area contributed by atoms with E-state index in [4.69, 9.17) is 5.11 Å². The van der Waals surface area contributed by atoms with Crippen LogP contribution in [0.4, 0.5) is 0 Å². The number of allylic oxidation sites excluding steroid dienone is 1. The van der Waals surface area contributed by atoms with E-state index in [0.717, 1.165) is 17.3 Å². The first-order chi connectivity index (χ1) is 9.20. The van der Waals surface area contributed by atoms with E-state index in [2.05, 4.69) is 17.1 Å². The van der Waals surface area contributed by atoms with Gasteiger partial charge in [0, 0.05) is 27.9 Å². The maximum Gasteiger partial charge on any atom is 0.328 e. The Morgan fingerprint density at radius 2 is 2.47 bits per heavy atom. The van der Waals surface area contributed by atoms with Crippen LogP contribution >= 0.6 is 11.3 Å². The fourth-order valence-electron chi connectivity index (χ4n) is 2.11. The van der Waals surface area contributed by atoms with Gasteiger partial charge in [-0.05, 0) is 29.4 Å². The normalized spacial score (nSPS) is 15.7. The second-order valence-corrected chi connectivity index (χ2v) is 5.55. The first-order valence-electron chi connectivity index (χ1n) is 5.90. The summed E-state index contributed by atoms with van der Waals surface area (Å²) >= 11 is 1.74. The predicted octanol–water partition coefficient (Wildman–Crippen LogP) is 0.969. The van der Waals surface area contributed by atoms with Crippen LogP contribution in [0, 0.1) is 0 Å². The average Bonchev–Trinajstić information content (AvgIpc) is 2.97. The molecule has 2 aromatic heterocycles. The van der Waals surface area contributed by atoms with Gasteiger partial charge in [-0.2, -0.15) is 0 Å². The molecule has 0 radical (unpaired) electrons. The Hall–Kier alpha value is -2.14. The van der Waals surface area contributed by atoms with Crippen molar-refractivity contribution in [2.24, 2.45) is 0 Å². The molecule has 0 unspecified atom stereocenters. The van der Waals surface area contributed by atoms with Gasteiger partial charge >= 0.3 is 5.97 Å². The lowest BCUT2D eigenvalue weighted by molar-refractivity contribution is -0.131. The molecule has 0 fully saturated rings. The molecular weight excluding hydrogens is 260 g/mol. The molecule has 0 bridgehead atoms. The minimum Gasteiger partial charge on any atom is -0.478 e. The maximum absolute atomic E-state index is 10.7. The number of nitrogens with zero attached hydrogens (tertiary/aromatic N) is 2. The van der Waals surface area contributed by atoms with Crippen LogP contribution in [0.2, 0.25) is 0 Å². The second-order valence-electron chi connectivity index (χ2n) is 4.38. The van der Waals surface area contributed by atoms with Gasteiger partial charge in [-0.25, -0.2) is 9.78 Å². The van der Waals surface area contributed by atoms with Crippen molar-refractivity contribution in [1.82, 2.24) is 9.55 Å². The van der Waals surface area contributed by atoms with Gasteiger partial charge in [0.2, 0.25) is 0 Å². The summed E-state index contributed by atoms with van der Waals surface area (Å²) < 4.78 is 3.24. The van der Waals surface area contributed by atoms with Crippen LogP contribution in [0.3, 0.4) is 0 Å². The van der Waals surface area contributed by atoms with E-state index in [-0.39, 0.29) is 0 Å². The lowest BCUT2D eigenvalue weighted by Gasteiger charge is -1.99. The van der Waals surface area contributed by atoms with Crippen LogP contribution < -0.4 is 9.75 Å². The summed E-state index contributed by atoms with van der Waals surface area (Å²) in [4.78, 5) is 15.9. The Kier molecular flexibility index (Phi) is 3.05. The molecule has 1 aliphatic rings. The van der Waals surface area contributed by atoms with Crippen molar-refractivity contribution in [3.05, 3.63) is 51.1 Å². The molecule has 0 aliphatic heterocycles. The third kappa shape index (κ3) is 2.66. The third-order valence-corrected chi connectivity index (χ3v) is 4.04. The van der Waals surface area contributed by atoms with Crippen LogP contribution in [0.15, 0.2) is 36.4 Å². The van der Waals surface area contributed by atoms with E-state index in [0.29, 0.717) is 6.42 Å². The molecule has 2 heterocycles. The lowest BCUT2D eigenvalue weighted by atomic mass is 10.1.